The van der Waals surface area contributed by atoms with Gasteiger partial charge in [0.25, 0.3) is 5.91 Å². The van der Waals surface area contributed by atoms with E-state index in [-0.39, 0.29) is 12.0 Å². The molecule has 8 nitrogen and oxygen atoms in total. The number of benzene rings is 1. The molecule has 2 aromatic heterocycles. The van der Waals surface area contributed by atoms with Crippen LogP contribution in [0.5, 0.6) is 17.5 Å². The summed E-state index contributed by atoms with van der Waals surface area (Å²) in [5, 5.41) is 0. The smallest absolute Gasteiger partial charge is 0.255 e. The summed E-state index contributed by atoms with van der Waals surface area (Å²) in [5.74, 6) is 3.29. The topological polar surface area (TPSA) is 80.7 Å². The van der Waals surface area contributed by atoms with Gasteiger partial charge in [-0.05, 0) is 50.8 Å². The first-order valence-corrected chi connectivity index (χ1v) is 11.9. The molecule has 1 aliphatic carbocycles. The van der Waals surface area contributed by atoms with Crippen LogP contribution in [0.15, 0.2) is 54.7 Å². The molecular weight excluding hydrogens is 430 g/mol. The number of para-hydroxylation sites is 1. The predicted molar refractivity (Wildman–Crippen MR) is 129 cm³/mol. The van der Waals surface area contributed by atoms with Crippen LogP contribution < -0.4 is 14.4 Å². The third-order valence-corrected chi connectivity index (χ3v) is 6.23. The number of rotatable bonds is 6. The van der Waals surface area contributed by atoms with Gasteiger partial charge in [-0.15, -0.1) is 0 Å². The molecule has 1 saturated heterocycles. The minimum atomic E-state index is -0.00784. The summed E-state index contributed by atoms with van der Waals surface area (Å²) in [7, 11) is 0. The van der Waals surface area contributed by atoms with Crippen LogP contribution in [0.25, 0.3) is 0 Å². The van der Waals surface area contributed by atoms with Crippen molar-refractivity contribution in [3.8, 4) is 17.5 Å². The maximum atomic E-state index is 13.0. The molecule has 3 aromatic rings. The number of carbonyl (C=O) groups excluding carboxylic acids is 1. The molecule has 176 valence electrons. The van der Waals surface area contributed by atoms with Crippen LogP contribution in [0.4, 0.5) is 5.82 Å². The van der Waals surface area contributed by atoms with Crippen LogP contribution in [-0.2, 0) is 0 Å². The fourth-order valence-electron chi connectivity index (χ4n) is 4.42. The van der Waals surface area contributed by atoms with Gasteiger partial charge in [-0.2, -0.15) is 4.98 Å². The Morgan fingerprint density at radius 3 is 2.41 bits per heavy atom. The molecule has 1 aromatic carbocycles. The zero-order valence-corrected chi connectivity index (χ0v) is 19.4. The second kappa shape index (κ2) is 10.1. The molecule has 0 radical (unpaired) electrons. The fraction of sp³-hybridized carbons (Fsp3) is 0.385. The van der Waals surface area contributed by atoms with Crippen LogP contribution in [0.3, 0.4) is 0 Å². The standard InChI is InChI=1S/C26H29N5O3/c1-19-28-23(17-25(29-19)34-22-7-3-2-4-8-22)30-13-15-31(16-14-30)26(32)20-11-12-24(27-18-20)33-21-9-5-6-10-21/h2-4,7-8,11-12,17-18,21H,5-6,9-10,13-16H2,1H3. The molecule has 2 fully saturated rings. The van der Waals surface area contributed by atoms with Gasteiger partial charge < -0.3 is 19.3 Å². The Hall–Kier alpha value is -3.68. The zero-order valence-electron chi connectivity index (χ0n) is 19.4. The third-order valence-electron chi connectivity index (χ3n) is 6.23. The normalized spacial score (nSPS) is 16.5. The molecule has 1 saturated carbocycles. The Kier molecular flexibility index (Phi) is 6.56. The highest BCUT2D eigenvalue weighted by atomic mass is 16.5. The zero-order chi connectivity index (χ0) is 23.3. The van der Waals surface area contributed by atoms with Crippen molar-refractivity contribution in [3.05, 3.63) is 66.1 Å². The summed E-state index contributed by atoms with van der Waals surface area (Å²) in [6.45, 7) is 4.44. The number of anilines is 1. The molecule has 1 amide bonds. The van der Waals surface area contributed by atoms with Gasteiger partial charge >= 0.3 is 0 Å². The first-order chi connectivity index (χ1) is 16.6. The second-order valence-corrected chi connectivity index (χ2v) is 8.72. The molecule has 0 N–H and O–H groups in total. The van der Waals surface area contributed by atoms with Crippen molar-refractivity contribution in [2.24, 2.45) is 0 Å². The number of hydrogen-bond donors (Lipinski definition) is 0. The van der Waals surface area contributed by atoms with Crippen molar-refractivity contribution >= 4 is 11.7 Å². The first kappa shape index (κ1) is 22.1. The molecular formula is C26H29N5O3. The molecule has 5 rings (SSSR count). The van der Waals surface area contributed by atoms with Crippen molar-refractivity contribution in [1.82, 2.24) is 19.9 Å². The monoisotopic (exact) mass is 459 g/mol. The van der Waals surface area contributed by atoms with E-state index in [1.165, 1.54) is 12.8 Å². The van der Waals surface area contributed by atoms with Crippen molar-refractivity contribution in [2.45, 2.75) is 38.7 Å². The van der Waals surface area contributed by atoms with Crippen molar-refractivity contribution in [3.63, 3.8) is 0 Å². The van der Waals surface area contributed by atoms with Crippen LogP contribution >= 0.6 is 0 Å². The van der Waals surface area contributed by atoms with Crippen LogP contribution in [0.2, 0.25) is 0 Å². The SMILES string of the molecule is Cc1nc(Oc2ccccc2)cc(N2CCN(C(=O)c3ccc(OC4CCCC4)nc3)CC2)n1. The van der Waals surface area contributed by atoms with Gasteiger partial charge in [0, 0.05) is 44.5 Å². The number of amides is 1. The van der Waals surface area contributed by atoms with E-state index in [1.807, 2.05) is 54.3 Å². The number of nitrogens with zero attached hydrogens (tertiary/aromatic N) is 5. The van der Waals surface area contributed by atoms with E-state index in [1.54, 1.807) is 12.3 Å². The summed E-state index contributed by atoms with van der Waals surface area (Å²) in [4.78, 5) is 30.4. The van der Waals surface area contributed by atoms with Gasteiger partial charge in [0.1, 0.15) is 23.5 Å². The molecule has 0 unspecified atom stereocenters. The van der Waals surface area contributed by atoms with Gasteiger partial charge in [0.05, 0.1) is 5.56 Å². The average Bonchev–Trinajstić information content (AvgIpc) is 3.38. The molecule has 8 heteroatoms. The highest BCUT2D eigenvalue weighted by molar-refractivity contribution is 5.94. The molecule has 1 aliphatic heterocycles. The number of pyridine rings is 1. The predicted octanol–water partition coefficient (Wildman–Crippen LogP) is 4.26. The molecule has 3 heterocycles. The van der Waals surface area contributed by atoms with Crippen molar-refractivity contribution in [2.75, 3.05) is 31.1 Å². The Morgan fingerprint density at radius 2 is 1.71 bits per heavy atom. The highest BCUT2D eigenvalue weighted by Gasteiger charge is 2.24. The largest absolute Gasteiger partial charge is 0.474 e. The van der Waals surface area contributed by atoms with E-state index >= 15 is 0 Å². The second-order valence-electron chi connectivity index (χ2n) is 8.72. The minimum Gasteiger partial charge on any atom is -0.474 e. The number of piperazine rings is 1. The third kappa shape index (κ3) is 5.27. The van der Waals surface area contributed by atoms with Gasteiger partial charge in [-0.3, -0.25) is 4.79 Å². The Bertz CT molecular complexity index is 1110. The lowest BCUT2D eigenvalue weighted by molar-refractivity contribution is 0.0746. The van der Waals surface area contributed by atoms with Gasteiger partial charge in [0.15, 0.2) is 0 Å². The molecule has 34 heavy (non-hydrogen) atoms. The average molecular weight is 460 g/mol. The Balaban J connectivity index is 1.18. The lowest BCUT2D eigenvalue weighted by Crippen LogP contribution is -2.49. The van der Waals surface area contributed by atoms with Crippen LogP contribution in [0, 0.1) is 6.92 Å². The van der Waals surface area contributed by atoms with Gasteiger partial charge in [-0.1, -0.05) is 18.2 Å². The lowest BCUT2D eigenvalue weighted by Gasteiger charge is -2.35. The van der Waals surface area contributed by atoms with E-state index in [0.29, 0.717) is 49.3 Å². The Labute approximate surface area is 199 Å². The summed E-state index contributed by atoms with van der Waals surface area (Å²) in [6, 6.07) is 15.0. The lowest BCUT2D eigenvalue weighted by atomic mass is 10.2. The molecule has 2 aliphatic rings. The molecule has 0 atom stereocenters. The number of carbonyl (C=O) groups is 1. The first-order valence-electron chi connectivity index (χ1n) is 11.9. The van der Waals surface area contributed by atoms with Crippen molar-refractivity contribution in [1.29, 1.82) is 0 Å². The number of aryl methyl sites for hydroxylation is 1. The Morgan fingerprint density at radius 1 is 0.941 bits per heavy atom. The van der Waals surface area contributed by atoms with E-state index in [9.17, 15) is 4.79 Å². The van der Waals surface area contributed by atoms with Gasteiger partial charge in [0.2, 0.25) is 11.8 Å². The van der Waals surface area contributed by atoms with Crippen LogP contribution in [-0.4, -0.2) is 58.0 Å². The molecule has 0 spiro atoms. The molecule has 0 bridgehead atoms. The van der Waals surface area contributed by atoms with Crippen molar-refractivity contribution < 1.29 is 14.3 Å². The van der Waals surface area contributed by atoms with E-state index in [0.717, 1.165) is 24.4 Å². The number of hydrogen-bond acceptors (Lipinski definition) is 7. The summed E-state index contributed by atoms with van der Waals surface area (Å²) in [5.41, 5.74) is 0.587. The van der Waals surface area contributed by atoms with E-state index in [2.05, 4.69) is 19.9 Å². The minimum absolute atomic E-state index is 0.00784. The van der Waals surface area contributed by atoms with Gasteiger partial charge in [-0.25, -0.2) is 9.97 Å². The fourth-order valence-corrected chi connectivity index (χ4v) is 4.42. The summed E-state index contributed by atoms with van der Waals surface area (Å²) < 4.78 is 11.8. The maximum absolute atomic E-state index is 13.0. The van der Waals surface area contributed by atoms with E-state index in [4.69, 9.17) is 9.47 Å². The summed E-state index contributed by atoms with van der Waals surface area (Å²) >= 11 is 0. The maximum Gasteiger partial charge on any atom is 0.255 e. The quantitative estimate of drug-likeness (QED) is 0.545. The summed E-state index contributed by atoms with van der Waals surface area (Å²) in [6.07, 6.45) is 6.47. The van der Waals surface area contributed by atoms with E-state index < -0.39 is 0 Å². The highest BCUT2D eigenvalue weighted by Crippen LogP contribution is 2.25. The number of aromatic nitrogens is 3. The van der Waals surface area contributed by atoms with Crippen LogP contribution in [0.1, 0.15) is 41.9 Å². The number of ether oxygens (including phenoxy) is 2.